The van der Waals surface area contributed by atoms with Gasteiger partial charge in [0.25, 0.3) is 0 Å². The molecule has 0 bridgehead atoms. The van der Waals surface area contributed by atoms with Crippen molar-refractivity contribution in [2.45, 2.75) is 5.41 Å². The van der Waals surface area contributed by atoms with E-state index in [1.807, 2.05) is 73.1 Å². The molecule has 1 spiro atoms. The van der Waals surface area contributed by atoms with E-state index < -0.39 is 5.41 Å². The van der Waals surface area contributed by atoms with Crippen LogP contribution in [0.5, 0.6) is 0 Å². The Balaban J connectivity index is 0.970. The van der Waals surface area contributed by atoms with E-state index in [1.165, 1.54) is 22.3 Å². The molecule has 0 fully saturated rings. The van der Waals surface area contributed by atoms with Crippen LogP contribution in [0.4, 0.5) is 0 Å². The van der Waals surface area contributed by atoms with E-state index in [0.717, 1.165) is 99.2 Å². The van der Waals surface area contributed by atoms with Crippen LogP contribution in [0.25, 0.3) is 117 Å². The first-order valence-electron chi connectivity index (χ1n) is 22.8. The van der Waals surface area contributed by atoms with E-state index in [9.17, 15) is 0 Å². The Bertz CT molecular complexity index is 4170. The van der Waals surface area contributed by atoms with Crippen molar-refractivity contribution in [1.29, 1.82) is 0 Å². The molecular formula is C60H34N8. The summed E-state index contributed by atoms with van der Waals surface area (Å²) in [7, 11) is 0. The molecule has 0 aliphatic heterocycles. The Kier molecular flexibility index (Phi) is 7.55. The molecule has 5 aromatic heterocycles. The zero-order valence-corrected chi connectivity index (χ0v) is 36.2. The van der Waals surface area contributed by atoms with E-state index in [1.54, 1.807) is 6.33 Å². The normalized spacial score (nSPS) is 13.1. The third-order valence-electron chi connectivity index (χ3n) is 14.2. The molecule has 0 radical (unpaired) electrons. The minimum Gasteiger partial charge on any atom is -0.278 e. The summed E-state index contributed by atoms with van der Waals surface area (Å²) in [6, 6.07) is 66.3. The molecule has 0 saturated heterocycles. The maximum absolute atomic E-state index is 5.70. The van der Waals surface area contributed by atoms with Crippen molar-refractivity contribution in [1.82, 2.24) is 39.5 Å². The number of hydrogen-bond donors (Lipinski definition) is 0. The standard InChI is InChI=1S/C60H34N8/c1-3-14-36(15-4-1)57-65-58(37-16-5-2-6-17-37)67-59(66-57)68-50-27-25-39(32-45(50)52-40-18-8-7-13-35(40)24-28-51(52)68)38-23-26-49-44(31-38)43-29-30-62-55-53(43)56(64-49)60(48-33-61-34-63-54(48)55)46-21-11-9-19-41(46)42-20-10-12-22-47(42)60/h1-34H. The van der Waals surface area contributed by atoms with Gasteiger partial charge in [-0.15, -0.1) is 0 Å². The van der Waals surface area contributed by atoms with Crippen LogP contribution in [0.3, 0.4) is 0 Å². The van der Waals surface area contributed by atoms with E-state index in [-0.39, 0.29) is 0 Å². The van der Waals surface area contributed by atoms with Crippen molar-refractivity contribution in [3.63, 3.8) is 0 Å². The first-order chi connectivity index (χ1) is 33.7. The van der Waals surface area contributed by atoms with Gasteiger partial charge in [0.1, 0.15) is 6.33 Å². The number of fused-ring (bicyclic) bond motifs is 16. The van der Waals surface area contributed by atoms with Crippen LogP contribution in [0, 0.1) is 0 Å². The summed E-state index contributed by atoms with van der Waals surface area (Å²) in [5.74, 6) is 1.79. The van der Waals surface area contributed by atoms with Gasteiger partial charge in [-0.25, -0.2) is 15.0 Å². The smallest absolute Gasteiger partial charge is 0.238 e. The minimum atomic E-state index is -0.727. The Morgan fingerprint density at radius 1 is 0.412 bits per heavy atom. The van der Waals surface area contributed by atoms with Gasteiger partial charge in [0, 0.05) is 50.6 Å². The maximum atomic E-state index is 5.70. The van der Waals surface area contributed by atoms with Crippen LogP contribution >= 0.6 is 0 Å². The van der Waals surface area contributed by atoms with Crippen molar-refractivity contribution >= 4 is 54.3 Å². The summed E-state index contributed by atoms with van der Waals surface area (Å²) in [4.78, 5) is 35.8. The second kappa shape index (κ2) is 13.9. The summed E-state index contributed by atoms with van der Waals surface area (Å²) in [5.41, 5.74) is 14.6. The van der Waals surface area contributed by atoms with Crippen molar-refractivity contribution in [3.8, 4) is 62.4 Å². The second-order valence-corrected chi connectivity index (χ2v) is 17.7. The lowest BCUT2D eigenvalue weighted by molar-refractivity contribution is 0.732. The highest BCUT2D eigenvalue weighted by Crippen LogP contribution is 2.61. The first-order valence-corrected chi connectivity index (χ1v) is 22.8. The number of aromatic nitrogens is 8. The van der Waals surface area contributed by atoms with Gasteiger partial charge < -0.3 is 0 Å². The molecule has 0 amide bonds. The van der Waals surface area contributed by atoms with E-state index >= 15 is 0 Å². The second-order valence-electron chi connectivity index (χ2n) is 17.7. The van der Waals surface area contributed by atoms with Crippen LogP contribution in [0.2, 0.25) is 0 Å². The number of rotatable bonds is 4. The number of benzene rings is 8. The molecule has 0 atom stereocenters. The third-order valence-corrected chi connectivity index (χ3v) is 14.2. The Hall–Kier alpha value is -9.27. The zero-order chi connectivity index (χ0) is 44.5. The largest absolute Gasteiger partial charge is 0.278 e. The van der Waals surface area contributed by atoms with Crippen LogP contribution in [-0.2, 0) is 5.41 Å². The molecule has 8 nitrogen and oxygen atoms in total. The molecule has 13 aromatic rings. The van der Waals surface area contributed by atoms with Crippen molar-refractivity contribution < 1.29 is 0 Å². The van der Waals surface area contributed by atoms with Crippen LogP contribution < -0.4 is 0 Å². The number of pyridine rings is 2. The van der Waals surface area contributed by atoms with Gasteiger partial charge in [-0.1, -0.05) is 152 Å². The van der Waals surface area contributed by atoms with Crippen molar-refractivity contribution in [2.24, 2.45) is 0 Å². The highest BCUT2D eigenvalue weighted by Gasteiger charge is 2.52. The molecule has 68 heavy (non-hydrogen) atoms. The molecule has 0 saturated carbocycles. The highest BCUT2D eigenvalue weighted by molar-refractivity contribution is 6.22. The summed E-state index contributed by atoms with van der Waals surface area (Å²) in [6.07, 6.45) is 5.52. The monoisotopic (exact) mass is 866 g/mol. The molecule has 2 aliphatic rings. The Morgan fingerprint density at radius 2 is 1.06 bits per heavy atom. The topological polar surface area (TPSA) is 95.2 Å². The van der Waals surface area contributed by atoms with Crippen molar-refractivity contribution in [3.05, 3.63) is 229 Å². The molecule has 15 rings (SSSR count). The number of nitrogens with zero attached hydrogens (tertiary/aromatic N) is 8. The third kappa shape index (κ3) is 5.00. The fraction of sp³-hybridized carbons (Fsp3) is 0.0167. The highest BCUT2D eigenvalue weighted by atomic mass is 15.2. The first kappa shape index (κ1) is 37.0. The van der Waals surface area contributed by atoms with Gasteiger partial charge in [-0.3, -0.25) is 14.5 Å². The van der Waals surface area contributed by atoms with E-state index in [4.69, 9.17) is 29.9 Å². The summed E-state index contributed by atoms with van der Waals surface area (Å²) >= 11 is 0. The lowest BCUT2D eigenvalue weighted by Gasteiger charge is -2.37. The predicted molar refractivity (Wildman–Crippen MR) is 270 cm³/mol. The van der Waals surface area contributed by atoms with Gasteiger partial charge in [-0.2, -0.15) is 9.97 Å². The van der Waals surface area contributed by atoms with Crippen molar-refractivity contribution in [2.75, 3.05) is 0 Å². The fourth-order valence-corrected chi connectivity index (χ4v) is 11.4. The molecule has 8 aromatic carbocycles. The molecule has 314 valence electrons. The van der Waals surface area contributed by atoms with E-state index in [0.29, 0.717) is 17.6 Å². The molecule has 0 unspecified atom stereocenters. The molecular weight excluding hydrogens is 833 g/mol. The molecule has 8 heteroatoms. The average Bonchev–Trinajstić information content (AvgIpc) is 3.91. The minimum absolute atomic E-state index is 0.558. The van der Waals surface area contributed by atoms with Gasteiger partial charge in [-0.05, 0) is 85.9 Å². The predicted octanol–water partition coefficient (Wildman–Crippen LogP) is 13.4. The zero-order valence-electron chi connectivity index (χ0n) is 36.2. The maximum Gasteiger partial charge on any atom is 0.238 e. The number of hydrogen-bond acceptors (Lipinski definition) is 7. The van der Waals surface area contributed by atoms with Crippen LogP contribution in [-0.4, -0.2) is 39.5 Å². The van der Waals surface area contributed by atoms with Crippen LogP contribution in [0.15, 0.2) is 207 Å². The van der Waals surface area contributed by atoms with Gasteiger partial charge in [0.15, 0.2) is 11.6 Å². The molecule has 2 aliphatic carbocycles. The quantitative estimate of drug-likeness (QED) is 0.163. The SMILES string of the molecule is c1ccc(-c2nc(-c3ccccc3)nc(-n3c4ccc(-c5ccc6nc7c8c(nccc8c6c5)-c5ncncc5C75c6ccccc6-c6ccccc65)cc4c4c5ccccc5ccc43)n2)cc1. The summed E-state index contributed by atoms with van der Waals surface area (Å²) < 4.78 is 2.20. The fourth-order valence-electron chi connectivity index (χ4n) is 11.4. The van der Waals surface area contributed by atoms with Gasteiger partial charge >= 0.3 is 0 Å². The van der Waals surface area contributed by atoms with Gasteiger partial charge in [0.2, 0.25) is 5.95 Å². The summed E-state index contributed by atoms with van der Waals surface area (Å²) in [6.45, 7) is 0. The molecule has 5 heterocycles. The van der Waals surface area contributed by atoms with Gasteiger partial charge in [0.05, 0.1) is 39.0 Å². The lowest BCUT2D eigenvalue weighted by Crippen LogP contribution is -2.33. The molecule has 0 N–H and O–H groups in total. The van der Waals surface area contributed by atoms with Crippen LogP contribution in [0.1, 0.15) is 22.4 Å². The summed E-state index contributed by atoms with van der Waals surface area (Å²) in [5, 5.41) is 7.73. The Labute approximate surface area is 389 Å². The Morgan fingerprint density at radius 3 is 1.81 bits per heavy atom. The van der Waals surface area contributed by atoms with E-state index in [2.05, 4.69) is 137 Å². The average molecular weight is 867 g/mol. The lowest BCUT2D eigenvalue weighted by atomic mass is 9.65.